The third-order valence-corrected chi connectivity index (χ3v) is 6.25. The number of halogens is 1. The molecule has 2 aromatic carbocycles. The smallest absolute Gasteiger partial charge is 0.344 e. The van der Waals surface area contributed by atoms with Crippen LogP contribution in [0.1, 0.15) is 33.2 Å². The molecule has 2 N–H and O–H groups in total. The number of anilines is 1. The van der Waals surface area contributed by atoms with Crippen molar-refractivity contribution in [1.82, 2.24) is 20.7 Å². The molecule has 0 radical (unpaired) electrons. The van der Waals surface area contributed by atoms with E-state index in [2.05, 4.69) is 15.8 Å². The molecule has 0 saturated heterocycles. The molecule has 3 aromatic rings. The van der Waals surface area contributed by atoms with Crippen LogP contribution in [0.4, 0.5) is 5.69 Å². The van der Waals surface area contributed by atoms with Crippen molar-refractivity contribution in [2.75, 3.05) is 31.2 Å². The van der Waals surface area contributed by atoms with Crippen molar-refractivity contribution in [2.24, 2.45) is 0 Å². The van der Waals surface area contributed by atoms with Crippen LogP contribution in [0.2, 0.25) is 5.02 Å². The Morgan fingerprint density at radius 2 is 1.83 bits per heavy atom. The number of fused-ring (bicyclic) bond motifs is 1. The van der Waals surface area contributed by atoms with E-state index in [1.165, 1.54) is 46.5 Å². The van der Waals surface area contributed by atoms with Gasteiger partial charge in [-0.15, -0.1) is 0 Å². The fraction of sp³-hybridized carbons (Fsp3) is 0.214. The lowest BCUT2D eigenvalue weighted by Gasteiger charge is -2.23. The molecule has 0 atom stereocenters. The molecule has 0 aliphatic carbocycles. The van der Waals surface area contributed by atoms with E-state index in [4.69, 9.17) is 21.1 Å². The van der Waals surface area contributed by atoms with Gasteiger partial charge in [0.25, 0.3) is 17.7 Å². The van der Waals surface area contributed by atoms with E-state index in [1.54, 1.807) is 37.3 Å². The highest BCUT2D eigenvalue weighted by Crippen LogP contribution is 2.30. The molecule has 2 heterocycles. The van der Waals surface area contributed by atoms with Gasteiger partial charge in [0.2, 0.25) is 5.91 Å². The molecule has 0 bridgehead atoms. The first-order valence-corrected chi connectivity index (χ1v) is 12.9. The molecule has 1 aromatic heterocycles. The highest BCUT2D eigenvalue weighted by Gasteiger charge is 2.31. The molecule has 0 spiro atoms. The lowest BCUT2D eigenvalue weighted by Crippen LogP contribution is -2.48. The zero-order valence-electron chi connectivity index (χ0n) is 22.0. The van der Waals surface area contributed by atoms with Crippen molar-refractivity contribution in [3.63, 3.8) is 0 Å². The number of carbonyl (C=O) groups excluding carboxylic acids is 5. The molecule has 1 aliphatic heterocycles. The third kappa shape index (κ3) is 7.37. The molecule has 0 unspecified atom stereocenters. The van der Waals surface area contributed by atoms with Gasteiger partial charge in [-0.1, -0.05) is 29.8 Å². The summed E-state index contributed by atoms with van der Waals surface area (Å²) in [6.45, 7) is 0.911. The Hall–Kier alpha value is -4.97. The first kappa shape index (κ1) is 29.0. The highest BCUT2D eigenvalue weighted by molar-refractivity contribution is 6.34. The van der Waals surface area contributed by atoms with E-state index in [0.29, 0.717) is 11.3 Å². The number of benzene rings is 2. The summed E-state index contributed by atoms with van der Waals surface area (Å²) in [5.41, 5.74) is 6.05. The van der Waals surface area contributed by atoms with Gasteiger partial charge in [-0.25, -0.2) is 4.79 Å². The average molecular weight is 580 g/mol. The van der Waals surface area contributed by atoms with Gasteiger partial charge in [-0.05, 0) is 48.9 Å². The maximum atomic E-state index is 13.6. The van der Waals surface area contributed by atoms with E-state index in [1.807, 2.05) is 0 Å². The molecule has 4 amide bonds. The van der Waals surface area contributed by atoms with Crippen LogP contribution >= 0.6 is 11.6 Å². The Morgan fingerprint density at radius 1 is 1.02 bits per heavy atom. The zero-order chi connectivity index (χ0) is 29.4. The van der Waals surface area contributed by atoms with Gasteiger partial charge < -0.3 is 14.4 Å². The minimum atomic E-state index is -0.630. The predicted molar refractivity (Wildman–Crippen MR) is 147 cm³/mol. The first-order chi connectivity index (χ1) is 19.8. The van der Waals surface area contributed by atoms with E-state index in [-0.39, 0.29) is 54.7 Å². The van der Waals surface area contributed by atoms with E-state index in [0.717, 1.165) is 0 Å². The van der Waals surface area contributed by atoms with E-state index in [9.17, 15) is 24.0 Å². The summed E-state index contributed by atoms with van der Waals surface area (Å²) in [4.78, 5) is 69.6. The monoisotopic (exact) mass is 579 g/mol. The Kier molecular flexibility index (Phi) is 9.48. The number of nitrogens with one attached hydrogen (secondary N) is 2. The van der Waals surface area contributed by atoms with Crippen molar-refractivity contribution in [3.8, 4) is 5.75 Å². The molecule has 212 valence electrons. The number of amides is 4. The Labute approximate surface area is 240 Å². The molecular formula is C28H26ClN5O7. The number of rotatable bonds is 8. The van der Waals surface area contributed by atoms with Crippen LogP contribution in [0.15, 0.2) is 67.0 Å². The van der Waals surface area contributed by atoms with Gasteiger partial charge in [0, 0.05) is 24.6 Å². The SMILES string of the molecule is CCOC(=O)COc1ccc(C(=O)N2CC(=O)N(CC(=O)NNC(=O)c3cccnc3)Cc3ccccc32)c(Cl)c1. The van der Waals surface area contributed by atoms with Gasteiger partial charge in [0.1, 0.15) is 18.8 Å². The zero-order valence-corrected chi connectivity index (χ0v) is 22.7. The summed E-state index contributed by atoms with van der Waals surface area (Å²) < 4.78 is 10.2. The molecule has 1 aliphatic rings. The Bertz CT molecular complexity index is 1470. The third-order valence-electron chi connectivity index (χ3n) is 5.94. The van der Waals surface area contributed by atoms with Crippen LogP contribution < -0.4 is 20.5 Å². The van der Waals surface area contributed by atoms with Gasteiger partial charge in [0.15, 0.2) is 6.61 Å². The van der Waals surface area contributed by atoms with Crippen LogP contribution in [0.25, 0.3) is 0 Å². The number of nitrogens with zero attached hydrogens (tertiary/aromatic N) is 3. The maximum absolute atomic E-state index is 13.6. The number of para-hydroxylation sites is 1. The molecular weight excluding hydrogens is 554 g/mol. The summed E-state index contributed by atoms with van der Waals surface area (Å²) >= 11 is 6.40. The molecule has 13 heteroatoms. The normalized spacial score (nSPS) is 12.6. The number of hydrazine groups is 1. The minimum absolute atomic E-state index is 0.0527. The number of pyridine rings is 1. The van der Waals surface area contributed by atoms with Gasteiger partial charge in [0.05, 0.1) is 22.8 Å². The lowest BCUT2D eigenvalue weighted by molar-refractivity contribution is -0.145. The first-order valence-electron chi connectivity index (χ1n) is 12.5. The largest absolute Gasteiger partial charge is 0.482 e. The lowest BCUT2D eigenvalue weighted by atomic mass is 10.1. The van der Waals surface area contributed by atoms with Crippen molar-refractivity contribution in [1.29, 1.82) is 0 Å². The Balaban J connectivity index is 1.46. The molecule has 12 nitrogen and oxygen atoms in total. The van der Waals surface area contributed by atoms with Crippen molar-refractivity contribution >= 4 is 46.9 Å². The van der Waals surface area contributed by atoms with Gasteiger partial charge in [-0.2, -0.15) is 0 Å². The topological polar surface area (TPSA) is 147 Å². The van der Waals surface area contributed by atoms with Crippen molar-refractivity contribution in [3.05, 3.63) is 88.7 Å². The summed E-state index contributed by atoms with van der Waals surface area (Å²) in [5, 5.41) is 0.0612. The van der Waals surface area contributed by atoms with E-state index >= 15 is 0 Å². The Morgan fingerprint density at radius 3 is 2.56 bits per heavy atom. The number of hydrogen-bond acceptors (Lipinski definition) is 8. The molecule has 41 heavy (non-hydrogen) atoms. The summed E-state index contributed by atoms with van der Waals surface area (Å²) in [6.07, 6.45) is 2.86. The van der Waals surface area contributed by atoms with Crippen LogP contribution in [-0.4, -0.2) is 65.8 Å². The van der Waals surface area contributed by atoms with Crippen LogP contribution in [0.3, 0.4) is 0 Å². The number of carbonyl (C=O) groups is 5. The number of hydrogen-bond donors (Lipinski definition) is 2. The average Bonchev–Trinajstić information content (AvgIpc) is 3.11. The fourth-order valence-electron chi connectivity index (χ4n) is 4.01. The standard InChI is InChI=1S/C28H26ClN5O7/c1-2-40-26(37)17-41-20-9-10-21(22(29)12-20)28(39)34-16-25(36)33(14-19-6-3-4-8-23(19)34)15-24(35)31-32-27(38)18-7-5-11-30-13-18/h3-13H,2,14-17H2,1H3,(H,31,35)(H,32,38). The summed E-state index contributed by atoms with van der Waals surface area (Å²) in [6, 6.07) is 14.4. The second-order valence-corrected chi connectivity index (χ2v) is 9.16. The minimum Gasteiger partial charge on any atom is -0.482 e. The number of ether oxygens (including phenoxy) is 2. The maximum Gasteiger partial charge on any atom is 0.344 e. The number of esters is 1. The van der Waals surface area contributed by atoms with Crippen LogP contribution in [0.5, 0.6) is 5.75 Å². The second-order valence-electron chi connectivity index (χ2n) is 8.75. The highest BCUT2D eigenvalue weighted by atomic mass is 35.5. The van der Waals surface area contributed by atoms with Gasteiger partial charge in [-0.3, -0.25) is 39.9 Å². The quantitative estimate of drug-likeness (QED) is 0.305. The molecule has 4 rings (SSSR count). The molecule has 0 fully saturated rings. The number of aromatic nitrogens is 1. The second kappa shape index (κ2) is 13.4. The summed E-state index contributed by atoms with van der Waals surface area (Å²) in [7, 11) is 0. The van der Waals surface area contributed by atoms with Gasteiger partial charge >= 0.3 is 5.97 Å². The fourth-order valence-corrected chi connectivity index (χ4v) is 4.26. The molecule has 0 saturated carbocycles. The summed E-state index contributed by atoms with van der Waals surface area (Å²) in [5.74, 6) is -2.51. The van der Waals surface area contributed by atoms with Crippen molar-refractivity contribution in [2.45, 2.75) is 13.5 Å². The van der Waals surface area contributed by atoms with Crippen molar-refractivity contribution < 1.29 is 33.4 Å². The van der Waals surface area contributed by atoms with Crippen LogP contribution in [0, 0.1) is 0 Å². The predicted octanol–water partition coefficient (Wildman–Crippen LogP) is 2.13. The van der Waals surface area contributed by atoms with E-state index < -0.39 is 29.6 Å². The van der Waals surface area contributed by atoms with Crippen LogP contribution in [-0.2, 0) is 25.7 Å².